The van der Waals surface area contributed by atoms with Gasteiger partial charge in [0.05, 0.1) is 0 Å². The van der Waals surface area contributed by atoms with Crippen LogP contribution in [0.5, 0.6) is 0 Å². The molecular formula is C16H20BrN3O. The number of hydrogen-bond acceptors (Lipinski definition) is 3. The van der Waals surface area contributed by atoms with Crippen molar-refractivity contribution in [2.75, 3.05) is 19.8 Å². The minimum atomic E-state index is 0.166. The van der Waals surface area contributed by atoms with Gasteiger partial charge in [-0.1, -0.05) is 28.1 Å². The number of nitrogens with zero attached hydrogens (tertiary/aromatic N) is 1. The molecule has 1 aliphatic heterocycles. The number of ether oxygens (including phenoxy) is 1. The van der Waals surface area contributed by atoms with E-state index in [2.05, 4.69) is 55.7 Å². The number of hydrogen-bond donors (Lipinski definition) is 2. The van der Waals surface area contributed by atoms with Crippen LogP contribution >= 0.6 is 15.9 Å². The highest BCUT2D eigenvalue weighted by Gasteiger charge is 2.34. The predicted molar refractivity (Wildman–Crippen MR) is 86.2 cm³/mol. The Morgan fingerprint density at radius 3 is 2.62 bits per heavy atom. The molecule has 1 aliphatic rings. The highest BCUT2D eigenvalue weighted by molar-refractivity contribution is 9.10. The van der Waals surface area contributed by atoms with Gasteiger partial charge in [0.2, 0.25) is 0 Å². The lowest BCUT2D eigenvalue weighted by Crippen LogP contribution is -2.42. The van der Waals surface area contributed by atoms with E-state index in [4.69, 9.17) is 4.74 Å². The van der Waals surface area contributed by atoms with E-state index >= 15 is 0 Å². The molecule has 21 heavy (non-hydrogen) atoms. The number of nitrogens with one attached hydrogen (secondary N) is 2. The van der Waals surface area contributed by atoms with Crippen LogP contribution in [0, 0.1) is 0 Å². The molecule has 0 amide bonds. The van der Waals surface area contributed by atoms with E-state index in [1.54, 1.807) is 6.20 Å². The van der Waals surface area contributed by atoms with Gasteiger partial charge in [-0.25, -0.2) is 0 Å². The molecule has 2 aromatic rings. The van der Waals surface area contributed by atoms with Crippen molar-refractivity contribution in [1.82, 2.24) is 15.5 Å². The molecule has 0 unspecified atom stereocenters. The quantitative estimate of drug-likeness (QED) is 0.872. The smallest absolute Gasteiger partial charge is 0.0490 e. The van der Waals surface area contributed by atoms with Crippen molar-refractivity contribution in [2.45, 2.75) is 24.8 Å². The summed E-state index contributed by atoms with van der Waals surface area (Å²) in [5.74, 6) is 0. The summed E-state index contributed by atoms with van der Waals surface area (Å²) in [6.45, 7) is 3.44. The third-order valence-corrected chi connectivity index (χ3v) is 4.77. The maximum Gasteiger partial charge on any atom is 0.0490 e. The number of rotatable bonds is 5. The molecule has 112 valence electrons. The third-order valence-electron chi connectivity index (χ3n) is 4.24. The van der Waals surface area contributed by atoms with Crippen LogP contribution in [-0.4, -0.2) is 30.0 Å². The molecule has 2 heterocycles. The lowest BCUT2D eigenvalue weighted by molar-refractivity contribution is 0.0497. The van der Waals surface area contributed by atoms with Crippen molar-refractivity contribution in [3.8, 4) is 0 Å². The Hall–Kier alpha value is -1.17. The SMILES string of the molecule is Brc1ccc(C2(CNCc3ccn[nH]3)CCOCC2)cc1. The van der Waals surface area contributed by atoms with Crippen molar-refractivity contribution >= 4 is 15.9 Å². The summed E-state index contributed by atoms with van der Waals surface area (Å²) in [6, 6.07) is 10.7. The summed E-state index contributed by atoms with van der Waals surface area (Å²) in [7, 11) is 0. The van der Waals surface area contributed by atoms with Crippen LogP contribution in [0.4, 0.5) is 0 Å². The van der Waals surface area contributed by atoms with Crippen LogP contribution in [0.1, 0.15) is 24.1 Å². The summed E-state index contributed by atoms with van der Waals surface area (Å²) in [4.78, 5) is 0. The zero-order valence-corrected chi connectivity index (χ0v) is 13.5. The summed E-state index contributed by atoms with van der Waals surface area (Å²) in [5.41, 5.74) is 2.68. The fraction of sp³-hybridized carbons (Fsp3) is 0.438. The minimum absolute atomic E-state index is 0.166. The van der Waals surface area contributed by atoms with Crippen molar-refractivity contribution in [2.24, 2.45) is 0 Å². The first-order chi connectivity index (χ1) is 10.3. The molecule has 2 N–H and O–H groups in total. The van der Waals surface area contributed by atoms with Gasteiger partial charge in [-0.15, -0.1) is 0 Å². The van der Waals surface area contributed by atoms with Gasteiger partial charge >= 0.3 is 0 Å². The Labute approximate surface area is 133 Å². The average Bonchev–Trinajstić information content (AvgIpc) is 3.02. The minimum Gasteiger partial charge on any atom is -0.381 e. The van der Waals surface area contributed by atoms with Gasteiger partial charge in [0, 0.05) is 48.1 Å². The molecule has 0 atom stereocenters. The Balaban J connectivity index is 1.71. The highest BCUT2D eigenvalue weighted by Crippen LogP contribution is 2.34. The molecule has 4 nitrogen and oxygen atoms in total. The zero-order chi connectivity index (χ0) is 14.5. The van der Waals surface area contributed by atoms with Gasteiger partial charge in [-0.2, -0.15) is 5.10 Å². The predicted octanol–water partition coefficient (Wildman–Crippen LogP) is 3.01. The van der Waals surface area contributed by atoms with Gasteiger partial charge in [-0.05, 0) is 36.6 Å². The number of aromatic nitrogens is 2. The first-order valence-corrected chi connectivity index (χ1v) is 8.11. The molecule has 1 aromatic heterocycles. The molecule has 1 fully saturated rings. The lowest BCUT2D eigenvalue weighted by atomic mass is 9.74. The number of halogens is 1. The Morgan fingerprint density at radius 1 is 1.19 bits per heavy atom. The van der Waals surface area contributed by atoms with E-state index in [0.717, 1.165) is 49.3 Å². The third kappa shape index (κ3) is 3.54. The van der Waals surface area contributed by atoms with Crippen molar-refractivity contribution in [3.63, 3.8) is 0 Å². The summed E-state index contributed by atoms with van der Waals surface area (Å²) in [6.07, 6.45) is 3.91. The molecular weight excluding hydrogens is 330 g/mol. The zero-order valence-electron chi connectivity index (χ0n) is 11.9. The molecule has 1 saturated heterocycles. The normalized spacial score (nSPS) is 17.8. The molecule has 5 heteroatoms. The fourth-order valence-electron chi connectivity index (χ4n) is 2.95. The van der Waals surface area contributed by atoms with Gasteiger partial charge in [0.1, 0.15) is 0 Å². The standard InChI is InChI=1S/C16H20BrN3O/c17-14-3-1-13(2-4-14)16(6-9-21-10-7-16)12-18-11-15-5-8-19-20-15/h1-5,8,18H,6-7,9-12H2,(H,19,20). The van der Waals surface area contributed by atoms with E-state index in [9.17, 15) is 0 Å². The number of benzene rings is 1. The van der Waals surface area contributed by atoms with Gasteiger partial charge in [0.25, 0.3) is 0 Å². The summed E-state index contributed by atoms with van der Waals surface area (Å²) >= 11 is 3.51. The fourth-order valence-corrected chi connectivity index (χ4v) is 3.22. The van der Waals surface area contributed by atoms with Gasteiger partial charge < -0.3 is 10.1 Å². The van der Waals surface area contributed by atoms with E-state index in [1.807, 2.05) is 6.07 Å². The van der Waals surface area contributed by atoms with Crippen molar-refractivity contribution in [1.29, 1.82) is 0 Å². The maximum atomic E-state index is 5.57. The average molecular weight is 350 g/mol. The monoisotopic (exact) mass is 349 g/mol. The largest absolute Gasteiger partial charge is 0.381 e. The lowest BCUT2D eigenvalue weighted by Gasteiger charge is -2.38. The first kappa shape index (κ1) is 14.8. The van der Waals surface area contributed by atoms with E-state index in [1.165, 1.54) is 5.56 Å². The van der Waals surface area contributed by atoms with Gasteiger partial charge in [0.15, 0.2) is 0 Å². The van der Waals surface area contributed by atoms with Crippen LogP contribution in [0.2, 0.25) is 0 Å². The molecule has 0 spiro atoms. The second-order valence-corrected chi connectivity index (χ2v) is 6.50. The number of H-pyrrole nitrogens is 1. The maximum absolute atomic E-state index is 5.57. The van der Waals surface area contributed by atoms with E-state index in [-0.39, 0.29) is 5.41 Å². The highest BCUT2D eigenvalue weighted by atomic mass is 79.9. The summed E-state index contributed by atoms with van der Waals surface area (Å²) < 4.78 is 6.69. The molecule has 0 bridgehead atoms. The molecule has 3 rings (SSSR count). The van der Waals surface area contributed by atoms with Crippen LogP contribution in [0.15, 0.2) is 41.0 Å². The molecule has 1 aromatic carbocycles. The first-order valence-electron chi connectivity index (χ1n) is 7.31. The Bertz CT molecular complexity index is 547. The van der Waals surface area contributed by atoms with Crippen LogP contribution in [-0.2, 0) is 16.7 Å². The topological polar surface area (TPSA) is 49.9 Å². The van der Waals surface area contributed by atoms with E-state index < -0.39 is 0 Å². The van der Waals surface area contributed by atoms with Crippen LogP contribution in [0.25, 0.3) is 0 Å². The number of aromatic amines is 1. The Kier molecular flexibility index (Phi) is 4.73. The van der Waals surface area contributed by atoms with Crippen LogP contribution in [0.3, 0.4) is 0 Å². The molecule has 0 saturated carbocycles. The van der Waals surface area contributed by atoms with Crippen molar-refractivity contribution < 1.29 is 4.74 Å². The summed E-state index contributed by atoms with van der Waals surface area (Å²) in [5, 5.41) is 10.5. The van der Waals surface area contributed by atoms with Crippen molar-refractivity contribution in [3.05, 3.63) is 52.3 Å². The second-order valence-electron chi connectivity index (χ2n) is 5.59. The van der Waals surface area contributed by atoms with Crippen LogP contribution < -0.4 is 5.32 Å². The molecule has 0 radical (unpaired) electrons. The van der Waals surface area contributed by atoms with E-state index in [0.29, 0.717) is 0 Å². The van der Waals surface area contributed by atoms with Gasteiger partial charge in [-0.3, -0.25) is 5.10 Å². The second kappa shape index (κ2) is 6.73. The molecule has 0 aliphatic carbocycles. The Morgan fingerprint density at radius 2 is 1.95 bits per heavy atom.